The van der Waals surface area contributed by atoms with Crippen molar-refractivity contribution in [2.24, 2.45) is 40.4 Å². The molecule has 4 fully saturated rings. The highest BCUT2D eigenvalue weighted by atomic mass is 16.3. The number of hydrogen-bond acceptors (Lipinski definition) is 3. The lowest BCUT2D eigenvalue weighted by molar-refractivity contribution is -0.194. The van der Waals surface area contributed by atoms with Crippen LogP contribution in [0.5, 0.6) is 0 Å². The topological polar surface area (TPSA) is 60.7 Å². The van der Waals surface area contributed by atoms with Crippen molar-refractivity contribution in [3.8, 4) is 0 Å². The molecule has 0 spiro atoms. The third-order valence-electron chi connectivity index (χ3n) is 9.39. The largest absolute Gasteiger partial charge is 0.393 e. The molecule has 24 heavy (non-hydrogen) atoms. The highest BCUT2D eigenvalue weighted by Crippen LogP contribution is 2.67. The van der Waals surface area contributed by atoms with Crippen molar-refractivity contribution in [3.05, 3.63) is 0 Å². The number of rotatable bonds is 1. The average Bonchev–Trinajstić information content (AvgIpc) is 2.87. The third kappa shape index (κ3) is 2.20. The monoisotopic (exact) mass is 336 g/mol. The molecule has 0 heterocycles. The van der Waals surface area contributed by atoms with Gasteiger partial charge in [-0.05, 0) is 85.4 Å². The van der Waals surface area contributed by atoms with Crippen molar-refractivity contribution >= 4 is 0 Å². The van der Waals surface area contributed by atoms with Crippen molar-refractivity contribution in [2.45, 2.75) is 90.4 Å². The van der Waals surface area contributed by atoms with Crippen LogP contribution < -0.4 is 0 Å². The Labute approximate surface area is 146 Å². The highest BCUT2D eigenvalue weighted by molar-refractivity contribution is 5.11. The maximum atomic E-state index is 10.9. The van der Waals surface area contributed by atoms with E-state index in [1.54, 1.807) is 0 Å². The number of aliphatic hydroxyl groups excluding tert-OH is 3. The SMILES string of the molecule is CC[C@H]1CC[C@H]2[C@@H]3CC(O)C4CC(O)C(O)C[C@]4(C)[C@H]3CC[C@]12C. The molecule has 4 aliphatic rings. The summed E-state index contributed by atoms with van der Waals surface area (Å²) in [5.41, 5.74) is 0.457. The zero-order valence-electron chi connectivity index (χ0n) is 15.6. The number of hydrogen-bond donors (Lipinski definition) is 3. The van der Waals surface area contributed by atoms with Crippen LogP contribution in [-0.4, -0.2) is 33.6 Å². The maximum Gasteiger partial charge on any atom is 0.0804 e. The molecule has 3 heteroatoms. The van der Waals surface area contributed by atoms with Crippen LogP contribution in [0.25, 0.3) is 0 Å². The zero-order chi connectivity index (χ0) is 17.3. The predicted octanol–water partition coefficient (Wildman–Crippen LogP) is 3.36. The summed E-state index contributed by atoms with van der Waals surface area (Å²) in [5, 5.41) is 31.4. The van der Waals surface area contributed by atoms with Crippen LogP contribution in [0.15, 0.2) is 0 Å². The second-order valence-electron chi connectivity index (χ2n) is 10.1. The van der Waals surface area contributed by atoms with Crippen molar-refractivity contribution in [1.29, 1.82) is 0 Å². The van der Waals surface area contributed by atoms with Crippen LogP contribution in [0.4, 0.5) is 0 Å². The molecular formula is C21H36O3. The standard InChI is InChI=1S/C21H36O3/c1-4-12-5-6-14-13-9-17(22)16-10-18(23)19(24)11-21(16,3)15(13)7-8-20(12,14)2/h12-19,22-24H,4-11H2,1-3H3/t12-,13-,14-,15-,16?,17?,18?,19?,20+,21+/m0/s1. The molecule has 0 radical (unpaired) electrons. The van der Waals surface area contributed by atoms with Crippen LogP contribution in [-0.2, 0) is 0 Å². The smallest absolute Gasteiger partial charge is 0.0804 e. The first-order valence-electron chi connectivity index (χ1n) is 10.4. The number of fused-ring (bicyclic) bond motifs is 5. The first kappa shape index (κ1) is 17.3. The van der Waals surface area contributed by atoms with Gasteiger partial charge in [0, 0.05) is 0 Å². The fourth-order valence-corrected chi connectivity index (χ4v) is 8.10. The summed E-state index contributed by atoms with van der Waals surface area (Å²) >= 11 is 0. The summed E-state index contributed by atoms with van der Waals surface area (Å²) in [7, 11) is 0. The van der Waals surface area contributed by atoms with Gasteiger partial charge in [-0.15, -0.1) is 0 Å². The zero-order valence-corrected chi connectivity index (χ0v) is 15.6. The Morgan fingerprint density at radius 2 is 1.50 bits per heavy atom. The van der Waals surface area contributed by atoms with E-state index in [1.165, 1.54) is 32.1 Å². The van der Waals surface area contributed by atoms with Crippen LogP contribution >= 0.6 is 0 Å². The van der Waals surface area contributed by atoms with Gasteiger partial charge in [-0.1, -0.05) is 27.2 Å². The quantitative estimate of drug-likeness (QED) is 0.688. The summed E-state index contributed by atoms with van der Waals surface area (Å²) in [6.07, 6.45) is 7.12. The Balaban J connectivity index is 1.66. The molecule has 0 saturated heterocycles. The molecule has 0 bridgehead atoms. The van der Waals surface area contributed by atoms with Crippen molar-refractivity contribution in [3.63, 3.8) is 0 Å². The summed E-state index contributed by atoms with van der Waals surface area (Å²) in [4.78, 5) is 0. The molecular weight excluding hydrogens is 300 g/mol. The van der Waals surface area contributed by atoms with Gasteiger partial charge in [0.05, 0.1) is 18.3 Å². The molecule has 3 N–H and O–H groups in total. The minimum Gasteiger partial charge on any atom is -0.393 e. The Morgan fingerprint density at radius 1 is 0.792 bits per heavy atom. The van der Waals surface area contributed by atoms with Gasteiger partial charge in [-0.2, -0.15) is 0 Å². The van der Waals surface area contributed by atoms with Gasteiger partial charge in [0.25, 0.3) is 0 Å². The predicted molar refractivity (Wildman–Crippen MR) is 94.3 cm³/mol. The van der Waals surface area contributed by atoms with Crippen LogP contribution in [0.2, 0.25) is 0 Å². The molecule has 4 unspecified atom stereocenters. The molecule has 4 saturated carbocycles. The summed E-state index contributed by atoms with van der Waals surface area (Å²) in [6.45, 7) is 7.17. The van der Waals surface area contributed by atoms with Gasteiger partial charge < -0.3 is 15.3 Å². The maximum absolute atomic E-state index is 10.9. The van der Waals surface area contributed by atoms with Gasteiger partial charge in [0.15, 0.2) is 0 Å². The van der Waals surface area contributed by atoms with Gasteiger partial charge >= 0.3 is 0 Å². The third-order valence-corrected chi connectivity index (χ3v) is 9.39. The normalized spacial score (nSPS) is 60.2. The number of aliphatic hydroxyl groups is 3. The molecule has 4 rings (SSSR count). The van der Waals surface area contributed by atoms with Crippen LogP contribution in [0.3, 0.4) is 0 Å². The second kappa shape index (κ2) is 5.69. The molecule has 0 aliphatic heterocycles. The van der Waals surface area contributed by atoms with E-state index in [1.807, 2.05) is 0 Å². The Hall–Kier alpha value is -0.120. The van der Waals surface area contributed by atoms with Crippen LogP contribution in [0, 0.1) is 40.4 Å². The molecule has 0 aromatic heterocycles. The van der Waals surface area contributed by atoms with Crippen molar-refractivity contribution in [2.75, 3.05) is 0 Å². The Morgan fingerprint density at radius 3 is 2.21 bits per heavy atom. The van der Waals surface area contributed by atoms with E-state index in [0.29, 0.717) is 30.1 Å². The Bertz CT molecular complexity index is 493. The van der Waals surface area contributed by atoms with Gasteiger partial charge in [-0.3, -0.25) is 0 Å². The van der Waals surface area contributed by atoms with E-state index in [0.717, 1.165) is 18.3 Å². The van der Waals surface area contributed by atoms with Gasteiger partial charge in [-0.25, -0.2) is 0 Å². The summed E-state index contributed by atoms with van der Waals surface area (Å²) < 4.78 is 0. The molecule has 3 nitrogen and oxygen atoms in total. The average molecular weight is 337 g/mol. The van der Waals surface area contributed by atoms with E-state index < -0.39 is 12.2 Å². The second-order valence-corrected chi connectivity index (χ2v) is 10.1. The fourth-order valence-electron chi connectivity index (χ4n) is 8.10. The van der Waals surface area contributed by atoms with E-state index in [2.05, 4.69) is 20.8 Å². The first-order chi connectivity index (χ1) is 11.3. The van der Waals surface area contributed by atoms with Gasteiger partial charge in [0.1, 0.15) is 0 Å². The van der Waals surface area contributed by atoms with Crippen LogP contribution in [0.1, 0.15) is 72.1 Å². The van der Waals surface area contributed by atoms with E-state index in [-0.39, 0.29) is 17.4 Å². The Kier molecular flexibility index (Phi) is 4.10. The molecule has 0 amide bonds. The van der Waals surface area contributed by atoms with Gasteiger partial charge in [0.2, 0.25) is 0 Å². The highest BCUT2D eigenvalue weighted by Gasteiger charge is 2.62. The fraction of sp³-hybridized carbons (Fsp3) is 1.00. The van der Waals surface area contributed by atoms with E-state index in [9.17, 15) is 15.3 Å². The molecule has 138 valence electrons. The lowest BCUT2D eigenvalue weighted by Gasteiger charge is -2.62. The lowest BCUT2D eigenvalue weighted by Crippen LogP contribution is -2.60. The lowest BCUT2D eigenvalue weighted by atomic mass is 9.44. The minimum atomic E-state index is -0.654. The molecule has 4 aliphatic carbocycles. The summed E-state index contributed by atoms with van der Waals surface area (Å²) in [6, 6.07) is 0. The summed E-state index contributed by atoms with van der Waals surface area (Å²) in [5.74, 6) is 2.98. The van der Waals surface area contributed by atoms with E-state index in [4.69, 9.17) is 0 Å². The van der Waals surface area contributed by atoms with Crippen molar-refractivity contribution < 1.29 is 15.3 Å². The van der Waals surface area contributed by atoms with Crippen molar-refractivity contribution in [1.82, 2.24) is 0 Å². The minimum absolute atomic E-state index is 0.00733. The first-order valence-corrected chi connectivity index (χ1v) is 10.4. The molecule has 0 aromatic rings. The molecule has 0 aromatic carbocycles. The molecule has 10 atom stereocenters. The van der Waals surface area contributed by atoms with E-state index >= 15 is 0 Å².